The van der Waals surface area contributed by atoms with E-state index in [9.17, 15) is 15.0 Å². The van der Waals surface area contributed by atoms with Gasteiger partial charge in [-0.15, -0.1) is 0 Å². The standard InChI is InChI=1S/C18H19N3O4/c1-10-9-19-17(20-5-3-4-6-20)15-11-7-14(25-2)13(22)8-12(11)21(16(10)15)18(23)24/h7-9,22H,3-6H2,1-2H3,(H,23,24). The van der Waals surface area contributed by atoms with E-state index >= 15 is 0 Å². The van der Waals surface area contributed by atoms with Crippen molar-refractivity contribution in [1.29, 1.82) is 0 Å². The van der Waals surface area contributed by atoms with Crippen LogP contribution in [0, 0.1) is 6.92 Å². The summed E-state index contributed by atoms with van der Waals surface area (Å²) in [5.74, 6) is 1.01. The third-order valence-electron chi connectivity index (χ3n) is 4.84. The third-order valence-corrected chi connectivity index (χ3v) is 4.84. The van der Waals surface area contributed by atoms with Crippen LogP contribution in [0.15, 0.2) is 18.3 Å². The van der Waals surface area contributed by atoms with Crippen molar-refractivity contribution in [2.75, 3.05) is 25.1 Å². The van der Waals surface area contributed by atoms with E-state index in [1.807, 2.05) is 6.92 Å². The SMILES string of the molecule is COc1cc2c3c(N4CCCC4)ncc(C)c3n(C(=O)O)c2cc1O. The number of aromatic hydroxyl groups is 1. The summed E-state index contributed by atoms with van der Waals surface area (Å²) in [5, 5.41) is 21.4. The fourth-order valence-corrected chi connectivity index (χ4v) is 3.72. The number of nitrogens with zero attached hydrogens (tertiary/aromatic N) is 3. The van der Waals surface area contributed by atoms with Gasteiger partial charge in [-0.05, 0) is 31.4 Å². The van der Waals surface area contributed by atoms with Gasteiger partial charge >= 0.3 is 6.09 Å². The van der Waals surface area contributed by atoms with Crippen LogP contribution in [0.4, 0.5) is 10.6 Å². The molecule has 4 rings (SSSR count). The van der Waals surface area contributed by atoms with E-state index < -0.39 is 6.09 Å². The Kier molecular flexibility index (Phi) is 3.45. The van der Waals surface area contributed by atoms with E-state index in [0.29, 0.717) is 22.2 Å². The molecule has 1 aliphatic heterocycles. The summed E-state index contributed by atoms with van der Waals surface area (Å²) in [5.41, 5.74) is 1.81. The van der Waals surface area contributed by atoms with Crippen LogP contribution in [0.5, 0.6) is 11.5 Å². The highest BCUT2D eigenvalue weighted by atomic mass is 16.5. The largest absolute Gasteiger partial charge is 0.504 e. The number of aromatic nitrogens is 2. The van der Waals surface area contributed by atoms with Crippen LogP contribution in [0.25, 0.3) is 21.8 Å². The van der Waals surface area contributed by atoms with Crippen LogP contribution in [-0.4, -0.2) is 46.1 Å². The van der Waals surface area contributed by atoms with E-state index in [-0.39, 0.29) is 5.75 Å². The molecule has 0 radical (unpaired) electrons. The molecular formula is C18H19N3O4. The number of benzene rings is 1. The molecular weight excluding hydrogens is 322 g/mol. The first-order valence-electron chi connectivity index (χ1n) is 8.22. The van der Waals surface area contributed by atoms with Gasteiger partial charge in [0.1, 0.15) is 5.82 Å². The predicted octanol–water partition coefficient (Wildman–Crippen LogP) is 3.34. The number of carbonyl (C=O) groups is 1. The molecule has 3 aromatic rings. The van der Waals surface area contributed by atoms with Crippen LogP contribution >= 0.6 is 0 Å². The molecule has 7 heteroatoms. The number of hydrogen-bond donors (Lipinski definition) is 2. The molecule has 0 atom stereocenters. The topological polar surface area (TPSA) is 87.8 Å². The summed E-state index contributed by atoms with van der Waals surface area (Å²) >= 11 is 0. The molecule has 0 amide bonds. The number of carboxylic acid groups (broad SMARTS) is 1. The zero-order valence-corrected chi connectivity index (χ0v) is 14.1. The second-order valence-corrected chi connectivity index (χ2v) is 6.34. The highest BCUT2D eigenvalue weighted by Crippen LogP contribution is 2.41. The van der Waals surface area contributed by atoms with Gasteiger partial charge in [-0.2, -0.15) is 0 Å². The maximum absolute atomic E-state index is 12.0. The van der Waals surface area contributed by atoms with Gasteiger partial charge in [0.2, 0.25) is 0 Å². The van der Waals surface area contributed by atoms with Gasteiger partial charge in [-0.25, -0.2) is 14.3 Å². The molecule has 0 aliphatic carbocycles. The molecule has 0 unspecified atom stereocenters. The molecule has 25 heavy (non-hydrogen) atoms. The van der Waals surface area contributed by atoms with E-state index in [1.165, 1.54) is 17.7 Å². The van der Waals surface area contributed by atoms with E-state index in [2.05, 4.69) is 9.88 Å². The Labute approximate surface area is 144 Å². The molecule has 7 nitrogen and oxygen atoms in total. The number of methoxy groups -OCH3 is 1. The van der Waals surface area contributed by atoms with Gasteiger partial charge in [0.05, 0.1) is 23.5 Å². The average Bonchev–Trinajstić information content (AvgIpc) is 3.21. The molecule has 0 bridgehead atoms. The van der Waals surface area contributed by atoms with Crippen LogP contribution in [-0.2, 0) is 0 Å². The zero-order chi connectivity index (χ0) is 17.7. The number of anilines is 1. The molecule has 0 saturated carbocycles. The Hall–Kier alpha value is -2.96. The van der Waals surface area contributed by atoms with Crippen molar-refractivity contribution in [2.45, 2.75) is 19.8 Å². The lowest BCUT2D eigenvalue weighted by molar-refractivity contribution is 0.198. The lowest BCUT2D eigenvalue weighted by Gasteiger charge is -2.18. The minimum absolute atomic E-state index is 0.0892. The Morgan fingerprint density at radius 2 is 2.00 bits per heavy atom. The van der Waals surface area contributed by atoms with Gasteiger partial charge in [0.15, 0.2) is 11.5 Å². The average molecular weight is 341 g/mol. The summed E-state index contributed by atoms with van der Waals surface area (Å²) in [6.45, 7) is 3.65. The van der Waals surface area contributed by atoms with E-state index in [0.717, 1.165) is 42.7 Å². The van der Waals surface area contributed by atoms with Crippen molar-refractivity contribution >= 4 is 33.7 Å². The Morgan fingerprint density at radius 3 is 2.64 bits per heavy atom. The molecule has 1 aliphatic rings. The van der Waals surface area contributed by atoms with E-state index in [4.69, 9.17) is 4.74 Å². The highest BCUT2D eigenvalue weighted by Gasteiger charge is 2.25. The summed E-state index contributed by atoms with van der Waals surface area (Å²) < 4.78 is 6.45. The Morgan fingerprint density at radius 1 is 1.28 bits per heavy atom. The zero-order valence-electron chi connectivity index (χ0n) is 14.1. The van der Waals surface area contributed by atoms with Crippen molar-refractivity contribution in [1.82, 2.24) is 9.55 Å². The van der Waals surface area contributed by atoms with Crippen LogP contribution in [0.2, 0.25) is 0 Å². The third kappa shape index (κ3) is 2.19. The Bertz CT molecular complexity index is 1000. The fourth-order valence-electron chi connectivity index (χ4n) is 3.72. The number of fused-ring (bicyclic) bond motifs is 3. The number of ether oxygens (including phenoxy) is 1. The normalized spacial score (nSPS) is 14.6. The van der Waals surface area contributed by atoms with E-state index in [1.54, 1.807) is 12.3 Å². The predicted molar refractivity (Wildman–Crippen MR) is 95.1 cm³/mol. The molecule has 2 aromatic heterocycles. The quantitative estimate of drug-likeness (QED) is 0.743. The van der Waals surface area contributed by atoms with Crippen molar-refractivity contribution in [3.05, 3.63) is 23.9 Å². The number of phenols is 1. The molecule has 3 heterocycles. The number of phenolic OH excluding ortho intramolecular Hbond substituents is 1. The lowest BCUT2D eigenvalue weighted by atomic mass is 10.1. The van der Waals surface area contributed by atoms with Crippen LogP contribution < -0.4 is 9.64 Å². The number of rotatable bonds is 2. The van der Waals surface area contributed by atoms with Crippen molar-refractivity contribution in [3.8, 4) is 11.5 Å². The fraction of sp³-hybridized carbons (Fsp3) is 0.333. The van der Waals surface area contributed by atoms with Crippen molar-refractivity contribution < 1.29 is 19.7 Å². The lowest BCUT2D eigenvalue weighted by Crippen LogP contribution is -2.19. The minimum Gasteiger partial charge on any atom is -0.504 e. The van der Waals surface area contributed by atoms with Crippen LogP contribution in [0.1, 0.15) is 18.4 Å². The number of hydrogen-bond acceptors (Lipinski definition) is 5. The van der Waals surface area contributed by atoms with Crippen molar-refractivity contribution in [3.63, 3.8) is 0 Å². The summed E-state index contributed by atoms with van der Waals surface area (Å²) in [4.78, 5) is 18.7. The summed E-state index contributed by atoms with van der Waals surface area (Å²) in [6, 6.07) is 3.13. The first-order chi connectivity index (χ1) is 12.0. The number of aryl methyl sites for hydroxylation is 1. The molecule has 1 fully saturated rings. The minimum atomic E-state index is -1.09. The van der Waals surface area contributed by atoms with Gasteiger partial charge in [-0.3, -0.25) is 0 Å². The monoisotopic (exact) mass is 341 g/mol. The Balaban J connectivity index is 2.20. The molecule has 1 aromatic carbocycles. The molecule has 130 valence electrons. The smallest absolute Gasteiger partial charge is 0.416 e. The van der Waals surface area contributed by atoms with Gasteiger partial charge < -0.3 is 19.8 Å². The summed E-state index contributed by atoms with van der Waals surface area (Å²) in [6.07, 6.45) is 2.81. The molecule has 1 saturated heterocycles. The van der Waals surface area contributed by atoms with Crippen LogP contribution in [0.3, 0.4) is 0 Å². The highest BCUT2D eigenvalue weighted by molar-refractivity contribution is 6.18. The molecule has 2 N–H and O–H groups in total. The second-order valence-electron chi connectivity index (χ2n) is 6.34. The van der Waals surface area contributed by atoms with Gasteiger partial charge in [-0.1, -0.05) is 0 Å². The van der Waals surface area contributed by atoms with Gasteiger partial charge in [0, 0.05) is 30.7 Å². The maximum atomic E-state index is 12.0. The number of pyridine rings is 1. The summed E-state index contributed by atoms with van der Waals surface area (Å²) in [7, 11) is 1.47. The molecule has 0 spiro atoms. The first-order valence-corrected chi connectivity index (χ1v) is 8.22. The van der Waals surface area contributed by atoms with Gasteiger partial charge in [0.25, 0.3) is 0 Å². The maximum Gasteiger partial charge on any atom is 0.416 e. The first kappa shape index (κ1) is 15.6. The second kappa shape index (κ2) is 5.54. The van der Waals surface area contributed by atoms with Crippen molar-refractivity contribution in [2.24, 2.45) is 0 Å².